The van der Waals surface area contributed by atoms with Crippen molar-refractivity contribution in [2.45, 2.75) is 51.0 Å². The Hall–Kier alpha value is -2.44. The highest BCUT2D eigenvalue weighted by Gasteiger charge is 2.42. The van der Waals surface area contributed by atoms with E-state index < -0.39 is 35.9 Å². The third kappa shape index (κ3) is 5.77. The van der Waals surface area contributed by atoms with Crippen LogP contribution in [-0.4, -0.2) is 37.1 Å². The number of carbonyl (C=O) groups excluding carboxylic acids is 3. The average molecular weight is 379 g/mol. The summed E-state index contributed by atoms with van der Waals surface area (Å²) in [6.45, 7) is 1.19. The molecule has 0 radical (unpaired) electrons. The molecule has 0 aromatic heterocycles. The van der Waals surface area contributed by atoms with Gasteiger partial charge in [0.1, 0.15) is 11.4 Å². The van der Waals surface area contributed by atoms with E-state index in [1.54, 1.807) is 19.1 Å². The van der Waals surface area contributed by atoms with Gasteiger partial charge in [0.25, 0.3) is 5.91 Å². The van der Waals surface area contributed by atoms with Gasteiger partial charge in [-0.15, -0.1) is 0 Å². The SMILES string of the molecule is COC(=O)C1(NC(=O)COC(=O)C(C)Cc2cccc(F)c2)CCCCC1. The summed E-state index contributed by atoms with van der Waals surface area (Å²) in [5.74, 6) is -2.45. The Balaban J connectivity index is 1.86. The molecule has 1 fully saturated rings. The predicted octanol–water partition coefficient (Wildman–Crippen LogP) is 2.54. The van der Waals surface area contributed by atoms with Crippen molar-refractivity contribution in [2.75, 3.05) is 13.7 Å². The van der Waals surface area contributed by atoms with Gasteiger partial charge in [0.2, 0.25) is 0 Å². The van der Waals surface area contributed by atoms with Gasteiger partial charge in [-0.3, -0.25) is 9.59 Å². The molecule has 1 aromatic rings. The van der Waals surface area contributed by atoms with Gasteiger partial charge >= 0.3 is 11.9 Å². The molecule has 148 valence electrons. The van der Waals surface area contributed by atoms with Crippen molar-refractivity contribution in [1.82, 2.24) is 5.32 Å². The number of hydrogen-bond donors (Lipinski definition) is 1. The molecular weight excluding hydrogens is 353 g/mol. The quantitative estimate of drug-likeness (QED) is 0.737. The highest BCUT2D eigenvalue weighted by atomic mass is 19.1. The fourth-order valence-corrected chi connectivity index (χ4v) is 3.41. The van der Waals surface area contributed by atoms with E-state index in [2.05, 4.69) is 5.32 Å². The Kier molecular flexibility index (Phi) is 7.33. The van der Waals surface area contributed by atoms with E-state index in [0.29, 0.717) is 24.8 Å². The Morgan fingerprint density at radius 3 is 2.56 bits per heavy atom. The zero-order valence-corrected chi connectivity index (χ0v) is 15.8. The fraction of sp³-hybridized carbons (Fsp3) is 0.550. The molecule has 1 aromatic carbocycles. The second-order valence-corrected chi connectivity index (χ2v) is 7.03. The topological polar surface area (TPSA) is 81.7 Å². The largest absolute Gasteiger partial charge is 0.467 e. The van der Waals surface area contributed by atoms with Crippen LogP contribution in [0.1, 0.15) is 44.6 Å². The number of rotatable bonds is 7. The molecule has 0 bridgehead atoms. The normalized spacial score (nSPS) is 16.9. The lowest BCUT2D eigenvalue weighted by Gasteiger charge is -2.35. The number of benzene rings is 1. The highest BCUT2D eigenvalue weighted by molar-refractivity contribution is 5.89. The standard InChI is InChI=1S/C20H26FNO5/c1-14(11-15-7-6-8-16(21)12-15)18(24)27-13-17(23)22-20(19(25)26-2)9-4-3-5-10-20/h6-8,12,14H,3-5,9-11,13H2,1-2H3,(H,22,23). The van der Waals surface area contributed by atoms with Gasteiger partial charge in [-0.25, -0.2) is 9.18 Å². The zero-order valence-electron chi connectivity index (χ0n) is 15.8. The Bertz CT molecular complexity index is 685. The first-order valence-corrected chi connectivity index (χ1v) is 9.17. The van der Waals surface area contributed by atoms with Gasteiger partial charge < -0.3 is 14.8 Å². The van der Waals surface area contributed by atoms with Crippen molar-refractivity contribution >= 4 is 17.8 Å². The van der Waals surface area contributed by atoms with Gasteiger partial charge in [0, 0.05) is 0 Å². The van der Waals surface area contributed by atoms with Crippen molar-refractivity contribution < 1.29 is 28.2 Å². The molecule has 1 aliphatic rings. The Morgan fingerprint density at radius 2 is 1.93 bits per heavy atom. The minimum atomic E-state index is -1.04. The van der Waals surface area contributed by atoms with Gasteiger partial charge in [-0.2, -0.15) is 0 Å². The van der Waals surface area contributed by atoms with E-state index in [1.165, 1.54) is 19.2 Å². The van der Waals surface area contributed by atoms with Crippen LogP contribution < -0.4 is 5.32 Å². The van der Waals surface area contributed by atoms with Crippen LogP contribution in [0.5, 0.6) is 0 Å². The van der Waals surface area contributed by atoms with Crippen LogP contribution >= 0.6 is 0 Å². The monoisotopic (exact) mass is 379 g/mol. The van der Waals surface area contributed by atoms with E-state index in [4.69, 9.17) is 9.47 Å². The maximum atomic E-state index is 13.2. The van der Waals surface area contributed by atoms with Crippen LogP contribution in [0.3, 0.4) is 0 Å². The maximum absolute atomic E-state index is 13.2. The van der Waals surface area contributed by atoms with E-state index >= 15 is 0 Å². The molecule has 0 saturated heterocycles. The van der Waals surface area contributed by atoms with Crippen molar-refractivity contribution in [2.24, 2.45) is 5.92 Å². The van der Waals surface area contributed by atoms with Crippen molar-refractivity contribution in [1.29, 1.82) is 0 Å². The summed E-state index contributed by atoms with van der Waals surface area (Å²) in [5, 5.41) is 2.69. The van der Waals surface area contributed by atoms with Gasteiger partial charge in [0.05, 0.1) is 13.0 Å². The summed E-state index contributed by atoms with van der Waals surface area (Å²) in [4.78, 5) is 36.5. The maximum Gasteiger partial charge on any atom is 0.331 e. The Labute approximate surface area is 158 Å². The van der Waals surface area contributed by atoms with E-state index in [9.17, 15) is 18.8 Å². The summed E-state index contributed by atoms with van der Waals surface area (Å²) in [5.41, 5.74) is -0.361. The number of methoxy groups -OCH3 is 1. The smallest absolute Gasteiger partial charge is 0.331 e. The lowest BCUT2D eigenvalue weighted by molar-refractivity contribution is -0.156. The molecule has 1 aliphatic carbocycles. The van der Waals surface area contributed by atoms with Crippen LogP contribution in [0.25, 0.3) is 0 Å². The summed E-state index contributed by atoms with van der Waals surface area (Å²) in [6, 6.07) is 5.99. The number of esters is 2. The molecule has 0 spiro atoms. The number of ether oxygens (including phenoxy) is 2. The molecule has 2 rings (SSSR count). The van der Waals surface area contributed by atoms with Crippen molar-refractivity contribution in [3.8, 4) is 0 Å². The zero-order chi connectivity index (χ0) is 19.9. The predicted molar refractivity (Wildman–Crippen MR) is 96.2 cm³/mol. The first kappa shape index (κ1) is 20.9. The molecule has 7 heteroatoms. The van der Waals surface area contributed by atoms with Crippen LogP contribution in [0, 0.1) is 11.7 Å². The number of nitrogens with one attached hydrogen (secondary N) is 1. The van der Waals surface area contributed by atoms with Gasteiger partial charge in [-0.1, -0.05) is 38.3 Å². The lowest BCUT2D eigenvalue weighted by Crippen LogP contribution is -2.57. The molecule has 1 amide bonds. The third-order valence-corrected chi connectivity index (χ3v) is 4.84. The number of halogens is 1. The molecule has 27 heavy (non-hydrogen) atoms. The molecule has 6 nitrogen and oxygen atoms in total. The Morgan fingerprint density at radius 1 is 1.22 bits per heavy atom. The molecule has 1 saturated carbocycles. The number of hydrogen-bond acceptors (Lipinski definition) is 5. The van der Waals surface area contributed by atoms with Crippen molar-refractivity contribution in [3.63, 3.8) is 0 Å². The summed E-state index contributed by atoms with van der Waals surface area (Å²) < 4.78 is 23.1. The van der Waals surface area contributed by atoms with Crippen molar-refractivity contribution in [3.05, 3.63) is 35.6 Å². The average Bonchev–Trinajstić information content (AvgIpc) is 2.66. The van der Waals surface area contributed by atoms with E-state index in [-0.39, 0.29) is 5.82 Å². The fourth-order valence-electron chi connectivity index (χ4n) is 3.41. The summed E-state index contributed by atoms with van der Waals surface area (Å²) in [6.07, 6.45) is 3.97. The minimum Gasteiger partial charge on any atom is -0.467 e. The van der Waals surface area contributed by atoms with Gasteiger partial charge in [-0.05, 0) is 37.0 Å². The van der Waals surface area contributed by atoms with Crippen LogP contribution in [-0.2, 0) is 30.3 Å². The first-order valence-electron chi connectivity index (χ1n) is 9.17. The van der Waals surface area contributed by atoms with E-state index in [1.807, 2.05) is 0 Å². The second kappa shape index (κ2) is 9.48. The number of amides is 1. The molecule has 0 heterocycles. The molecule has 1 N–H and O–H groups in total. The lowest BCUT2D eigenvalue weighted by atomic mass is 9.81. The van der Waals surface area contributed by atoms with Gasteiger partial charge in [0.15, 0.2) is 6.61 Å². The van der Waals surface area contributed by atoms with Crippen LogP contribution in [0.4, 0.5) is 4.39 Å². The first-order chi connectivity index (χ1) is 12.9. The van der Waals surface area contributed by atoms with Crippen LogP contribution in [0.2, 0.25) is 0 Å². The third-order valence-electron chi connectivity index (χ3n) is 4.84. The second-order valence-electron chi connectivity index (χ2n) is 7.03. The highest BCUT2D eigenvalue weighted by Crippen LogP contribution is 2.29. The number of carbonyl (C=O) groups is 3. The van der Waals surface area contributed by atoms with Crippen LogP contribution in [0.15, 0.2) is 24.3 Å². The molecule has 1 atom stereocenters. The molecule has 0 aliphatic heterocycles. The minimum absolute atomic E-state index is 0.310. The summed E-state index contributed by atoms with van der Waals surface area (Å²) in [7, 11) is 1.29. The molecular formula is C20H26FNO5. The molecule has 1 unspecified atom stereocenters. The van der Waals surface area contributed by atoms with E-state index in [0.717, 1.165) is 19.3 Å². The summed E-state index contributed by atoms with van der Waals surface area (Å²) >= 11 is 0.